The van der Waals surface area contributed by atoms with Crippen molar-refractivity contribution in [1.29, 1.82) is 0 Å². The Hall–Kier alpha value is -0.570. The Balaban J connectivity index is 1.58. The highest BCUT2D eigenvalue weighted by atomic mass is 16.5. The van der Waals surface area contributed by atoms with Gasteiger partial charge in [-0.3, -0.25) is 4.79 Å². The minimum atomic E-state index is 0.265. The third-order valence-corrected chi connectivity index (χ3v) is 3.86. The SMILES string of the molecule is O=C(C1CCOCC1)N1CC2CC2C1. The van der Waals surface area contributed by atoms with Crippen LogP contribution in [0.4, 0.5) is 0 Å². The van der Waals surface area contributed by atoms with Gasteiger partial charge in [-0.2, -0.15) is 0 Å². The lowest BCUT2D eigenvalue weighted by Gasteiger charge is -2.27. The minimum absolute atomic E-state index is 0.265. The van der Waals surface area contributed by atoms with Crippen LogP contribution in [0.1, 0.15) is 19.3 Å². The Morgan fingerprint density at radius 2 is 1.79 bits per heavy atom. The molecule has 3 nitrogen and oxygen atoms in total. The molecule has 0 spiro atoms. The highest BCUT2D eigenvalue weighted by Gasteiger charge is 2.47. The second-order valence-electron chi connectivity index (χ2n) is 4.89. The normalized spacial score (nSPS) is 37.0. The number of rotatable bonds is 1. The van der Waals surface area contributed by atoms with E-state index < -0.39 is 0 Å². The van der Waals surface area contributed by atoms with Gasteiger partial charge in [0.15, 0.2) is 0 Å². The van der Waals surface area contributed by atoms with Crippen LogP contribution in [0, 0.1) is 17.8 Å². The fourth-order valence-corrected chi connectivity index (χ4v) is 2.78. The molecule has 1 saturated carbocycles. The number of ether oxygens (including phenoxy) is 1. The molecule has 3 aliphatic rings. The zero-order valence-electron chi connectivity index (χ0n) is 8.45. The molecule has 2 saturated heterocycles. The lowest BCUT2D eigenvalue weighted by Crippen LogP contribution is -2.38. The van der Waals surface area contributed by atoms with E-state index in [1.54, 1.807) is 0 Å². The molecule has 78 valence electrons. The van der Waals surface area contributed by atoms with Crippen molar-refractivity contribution in [3.05, 3.63) is 0 Å². The van der Waals surface area contributed by atoms with Crippen molar-refractivity contribution >= 4 is 5.91 Å². The van der Waals surface area contributed by atoms with E-state index in [1.807, 2.05) is 0 Å². The molecule has 1 aliphatic carbocycles. The molecule has 1 amide bonds. The van der Waals surface area contributed by atoms with Gasteiger partial charge in [-0.05, 0) is 31.1 Å². The molecule has 0 aromatic heterocycles. The van der Waals surface area contributed by atoms with Crippen molar-refractivity contribution < 1.29 is 9.53 Å². The van der Waals surface area contributed by atoms with E-state index in [2.05, 4.69) is 4.90 Å². The monoisotopic (exact) mass is 195 g/mol. The summed E-state index contributed by atoms with van der Waals surface area (Å²) in [5.41, 5.74) is 0. The first-order chi connectivity index (χ1) is 6.84. The maximum atomic E-state index is 12.0. The van der Waals surface area contributed by atoms with Gasteiger partial charge in [-0.25, -0.2) is 0 Å². The van der Waals surface area contributed by atoms with E-state index in [0.717, 1.165) is 51.0 Å². The van der Waals surface area contributed by atoms with Crippen LogP contribution in [-0.4, -0.2) is 37.1 Å². The standard InChI is InChI=1S/C11H17NO2/c13-11(8-1-3-14-4-2-8)12-6-9-5-10(9)7-12/h8-10H,1-7H2. The molecule has 3 rings (SSSR count). The van der Waals surface area contributed by atoms with Crippen molar-refractivity contribution in [2.24, 2.45) is 17.8 Å². The Morgan fingerprint density at radius 3 is 2.43 bits per heavy atom. The average Bonchev–Trinajstić information content (AvgIpc) is 2.86. The molecule has 3 fully saturated rings. The fraction of sp³-hybridized carbons (Fsp3) is 0.909. The Kier molecular flexibility index (Phi) is 2.01. The molecule has 0 bridgehead atoms. The van der Waals surface area contributed by atoms with Gasteiger partial charge in [0, 0.05) is 32.2 Å². The topological polar surface area (TPSA) is 29.5 Å². The number of hydrogen-bond donors (Lipinski definition) is 0. The molecule has 2 heterocycles. The summed E-state index contributed by atoms with van der Waals surface area (Å²) in [4.78, 5) is 14.1. The molecule has 2 aliphatic heterocycles. The van der Waals surface area contributed by atoms with Crippen LogP contribution in [0.25, 0.3) is 0 Å². The van der Waals surface area contributed by atoms with Crippen LogP contribution in [0.2, 0.25) is 0 Å². The predicted octanol–water partition coefficient (Wildman–Crippen LogP) is 0.891. The van der Waals surface area contributed by atoms with Gasteiger partial charge in [-0.15, -0.1) is 0 Å². The van der Waals surface area contributed by atoms with E-state index in [0.29, 0.717) is 5.91 Å². The molecule has 0 aromatic carbocycles. The van der Waals surface area contributed by atoms with Gasteiger partial charge < -0.3 is 9.64 Å². The smallest absolute Gasteiger partial charge is 0.225 e. The van der Waals surface area contributed by atoms with Crippen molar-refractivity contribution in [3.63, 3.8) is 0 Å². The number of nitrogens with zero attached hydrogens (tertiary/aromatic N) is 1. The molecule has 0 aromatic rings. The number of amides is 1. The van der Waals surface area contributed by atoms with Crippen LogP contribution >= 0.6 is 0 Å². The van der Waals surface area contributed by atoms with Crippen LogP contribution in [0.3, 0.4) is 0 Å². The third-order valence-electron chi connectivity index (χ3n) is 3.86. The van der Waals surface area contributed by atoms with Crippen LogP contribution in [-0.2, 0) is 9.53 Å². The van der Waals surface area contributed by atoms with Crippen molar-refractivity contribution in [3.8, 4) is 0 Å². The molecular formula is C11H17NO2. The van der Waals surface area contributed by atoms with Crippen molar-refractivity contribution in [1.82, 2.24) is 4.90 Å². The number of piperidine rings is 1. The van der Waals surface area contributed by atoms with Crippen LogP contribution < -0.4 is 0 Å². The van der Waals surface area contributed by atoms with Gasteiger partial charge in [-0.1, -0.05) is 0 Å². The molecule has 14 heavy (non-hydrogen) atoms. The summed E-state index contributed by atoms with van der Waals surface area (Å²) in [6.07, 6.45) is 3.24. The fourth-order valence-electron chi connectivity index (χ4n) is 2.78. The lowest BCUT2D eigenvalue weighted by molar-refractivity contribution is -0.137. The number of fused-ring (bicyclic) bond motifs is 1. The number of carbonyl (C=O) groups excluding carboxylic acids is 1. The summed E-state index contributed by atoms with van der Waals surface area (Å²) in [6, 6.07) is 0. The average molecular weight is 195 g/mol. The summed E-state index contributed by atoms with van der Waals surface area (Å²) in [5.74, 6) is 2.39. The highest BCUT2D eigenvalue weighted by Crippen LogP contribution is 2.45. The van der Waals surface area contributed by atoms with E-state index in [1.165, 1.54) is 6.42 Å². The molecule has 3 heteroatoms. The predicted molar refractivity (Wildman–Crippen MR) is 51.7 cm³/mol. The van der Waals surface area contributed by atoms with Crippen LogP contribution in [0.5, 0.6) is 0 Å². The maximum absolute atomic E-state index is 12.0. The lowest BCUT2D eigenvalue weighted by atomic mass is 9.99. The van der Waals surface area contributed by atoms with Gasteiger partial charge in [0.1, 0.15) is 0 Å². The summed E-state index contributed by atoms with van der Waals surface area (Å²) < 4.78 is 5.27. The highest BCUT2D eigenvalue weighted by molar-refractivity contribution is 5.79. The van der Waals surface area contributed by atoms with Gasteiger partial charge in [0.2, 0.25) is 5.91 Å². The summed E-state index contributed by atoms with van der Waals surface area (Å²) in [6.45, 7) is 3.63. The van der Waals surface area contributed by atoms with E-state index >= 15 is 0 Å². The molecule has 2 unspecified atom stereocenters. The second kappa shape index (κ2) is 3.23. The number of carbonyl (C=O) groups is 1. The van der Waals surface area contributed by atoms with E-state index in [4.69, 9.17) is 4.74 Å². The Morgan fingerprint density at radius 1 is 1.14 bits per heavy atom. The number of hydrogen-bond acceptors (Lipinski definition) is 2. The Labute approximate surface area is 84.4 Å². The van der Waals surface area contributed by atoms with E-state index in [9.17, 15) is 4.79 Å². The zero-order chi connectivity index (χ0) is 9.54. The molecule has 0 N–H and O–H groups in total. The maximum Gasteiger partial charge on any atom is 0.225 e. The molecule has 0 radical (unpaired) electrons. The van der Waals surface area contributed by atoms with E-state index in [-0.39, 0.29) is 5.92 Å². The zero-order valence-corrected chi connectivity index (χ0v) is 8.45. The van der Waals surface area contributed by atoms with Crippen molar-refractivity contribution in [2.75, 3.05) is 26.3 Å². The van der Waals surface area contributed by atoms with Gasteiger partial charge in [0.25, 0.3) is 0 Å². The first-order valence-electron chi connectivity index (χ1n) is 5.71. The van der Waals surface area contributed by atoms with Gasteiger partial charge >= 0.3 is 0 Å². The quantitative estimate of drug-likeness (QED) is 0.622. The second-order valence-corrected chi connectivity index (χ2v) is 4.89. The summed E-state index contributed by atoms with van der Waals surface area (Å²) >= 11 is 0. The first-order valence-corrected chi connectivity index (χ1v) is 5.71. The summed E-state index contributed by atoms with van der Waals surface area (Å²) in [7, 11) is 0. The Bertz CT molecular complexity index is 234. The summed E-state index contributed by atoms with van der Waals surface area (Å²) in [5, 5.41) is 0. The molecule has 2 atom stereocenters. The molecular weight excluding hydrogens is 178 g/mol. The van der Waals surface area contributed by atoms with Crippen molar-refractivity contribution in [2.45, 2.75) is 19.3 Å². The largest absolute Gasteiger partial charge is 0.381 e. The first kappa shape index (κ1) is 8.72. The third kappa shape index (κ3) is 1.44. The minimum Gasteiger partial charge on any atom is -0.381 e. The van der Waals surface area contributed by atoms with Gasteiger partial charge in [0.05, 0.1) is 0 Å². The number of likely N-dealkylation sites (tertiary alicyclic amines) is 1. The van der Waals surface area contributed by atoms with Crippen LogP contribution in [0.15, 0.2) is 0 Å².